The molecule has 0 radical (unpaired) electrons. The standard InChI is InChI=1S/C10H17N3O3S/c1-6(14)5-13-9-3-8(11)4-10(7(9)2)17(12,15)16/h3-4,6,13-14H,5,11H2,1-2H3,(H2,12,15,16). The summed E-state index contributed by atoms with van der Waals surface area (Å²) in [4.78, 5) is -0.00871. The number of sulfonamides is 1. The smallest absolute Gasteiger partial charge is 0.238 e. The van der Waals surface area contributed by atoms with E-state index in [0.29, 0.717) is 23.5 Å². The summed E-state index contributed by atoms with van der Waals surface area (Å²) in [7, 11) is -3.80. The molecule has 0 aliphatic carbocycles. The van der Waals surface area contributed by atoms with Gasteiger partial charge in [-0.2, -0.15) is 0 Å². The Bertz CT molecular complexity index is 512. The second-order valence-electron chi connectivity index (χ2n) is 3.97. The topological polar surface area (TPSA) is 118 Å². The molecule has 17 heavy (non-hydrogen) atoms. The summed E-state index contributed by atoms with van der Waals surface area (Å²) in [6, 6.07) is 2.92. The van der Waals surface area contributed by atoms with Crippen molar-refractivity contribution in [2.75, 3.05) is 17.6 Å². The summed E-state index contributed by atoms with van der Waals surface area (Å²) in [5.41, 5.74) is 6.95. The van der Waals surface area contributed by atoms with E-state index in [2.05, 4.69) is 5.32 Å². The molecule has 1 atom stereocenters. The van der Waals surface area contributed by atoms with Crippen LogP contribution in [0.2, 0.25) is 0 Å². The highest BCUT2D eigenvalue weighted by atomic mass is 32.2. The summed E-state index contributed by atoms with van der Waals surface area (Å²) in [6.07, 6.45) is -0.547. The normalized spacial score (nSPS) is 13.4. The van der Waals surface area contributed by atoms with Crippen molar-refractivity contribution in [3.05, 3.63) is 17.7 Å². The summed E-state index contributed by atoms with van der Waals surface area (Å²) in [5, 5.41) is 17.2. The van der Waals surface area contributed by atoms with E-state index in [1.807, 2.05) is 0 Å². The minimum Gasteiger partial charge on any atom is -0.399 e. The second-order valence-corrected chi connectivity index (χ2v) is 5.50. The van der Waals surface area contributed by atoms with E-state index in [1.54, 1.807) is 19.9 Å². The van der Waals surface area contributed by atoms with Gasteiger partial charge in [-0.25, -0.2) is 13.6 Å². The predicted molar refractivity (Wildman–Crippen MR) is 67.1 cm³/mol. The molecule has 0 heterocycles. The molecule has 7 heteroatoms. The zero-order valence-corrected chi connectivity index (χ0v) is 10.6. The molecule has 0 saturated heterocycles. The number of aliphatic hydroxyl groups excluding tert-OH is 1. The van der Waals surface area contributed by atoms with E-state index in [9.17, 15) is 8.42 Å². The summed E-state index contributed by atoms with van der Waals surface area (Å²) < 4.78 is 22.7. The van der Waals surface area contributed by atoms with Gasteiger partial charge in [0.2, 0.25) is 10.0 Å². The van der Waals surface area contributed by atoms with Gasteiger partial charge in [0.1, 0.15) is 0 Å². The maximum atomic E-state index is 11.3. The Morgan fingerprint density at radius 2 is 2.06 bits per heavy atom. The van der Waals surface area contributed by atoms with E-state index in [1.165, 1.54) is 6.07 Å². The largest absolute Gasteiger partial charge is 0.399 e. The molecule has 1 rings (SSSR count). The van der Waals surface area contributed by atoms with Crippen LogP contribution in [0.1, 0.15) is 12.5 Å². The first-order valence-corrected chi connectivity index (χ1v) is 6.61. The number of nitrogens with two attached hydrogens (primary N) is 2. The van der Waals surface area contributed by atoms with Crippen molar-refractivity contribution in [3.8, 4) is 0 Å². The summed E-state index contributed by atoms with van der Waals surface area (Å²) in [5.74, 6) is 0. The van der Waals surface area contributed by atoms with Crippen LogP contribution in [0.15, 0.2) is 17.0 Å². The van der Waals surface area contributed by atoms with Crippen LogP contribution in [0.4, 0.5) is 11.4 Å². The van der Waals surface area contributed by atoms with Crippen LogP contribution in [0.5, 0.6) is 0 Å². The molecule has 6 nitrogen and oxygen atoms in total. The highest BCUT2D eigenvalue weighted by molar-refractivity contribution is 7.89. The van der Waals surface area contributed by atoms with Gasteiger partial charge in [0.15, 0.2) is 0 Å². The first-order valence-electron chi connectivity index (χ1n) is 5.06. The highest BCUT2D eigenvalue weighted by Crippen LogP contribution is 2.25. The van der Waals surface area contributed by atoms with Gasteiger partial charge in [-0.1, -0.05) is 0 Å². The Labute approximate surface area is 101 Å². The Morgan fingerprint density at radius 1 is 1.47 bits per heavy atom. The highest BCUT2D eigenvalue weighted by Gasteiger charge is 2.15. The molecular weight excluding hydrogens is 242 g/mol. The molecule has 0 spiro atoms. The van der Waals surface area contributed by atoms with Gasteiger partial charge >= 0.3 is 0 Å². The van der Waals surface area contributed by atoms with Crippen molar-refractivity contribution >= 4 is 21.4 Å². The van der Waals surface area contributed by atoms with Crippen molar-refractivity contribution in [1.29, 1.82) is 0 Å². The molecule has 1 aromatic carbocycles. The van der Waals surface area contributed by atoms with Crippen molar-refractivity contribution in [3.63, 3.8) is 0 Å². The number of nitrogens with one attached hydrogen (secondary N) is 1. The number of benzene rings is 1. The number of hydrogen-bond acceptors (Lipinski definition) is 5. The lowest BCUT2D eigenvalue weighted by Gasteiger charge is -2.14. The number of rotatable bonds is 4. The lowest BCUT2D eigenvalue weighted by atomic mass is 10.1. The molecule has 0 bridgehead atoms. The monoisotopic (exact) mass is 259 g/mol. The minimum absolute atomic E-state index is 0.00871. The second kappa shape index (κ2) is 4.91. The molecule has 0 amide bonds. The van der Waals surface area contributed by atoms with Crippen molar-refractivity contribution < 1.29 is 13.5 Å². The third-order valence-electron chi connectivity index (χ3n) is 2.28. The number of anilines is 2. The number of nitrogen functional groups attached to an aromatic ring is 1. The van der Waals surface area contributed by atoms with E-state index in [0.717, 1.165) is 0 Å². The lowest BCUT2D eigenvalue weighted by molar-refractivity contribution is 0.208. The van der Waals surface area contributed by atoms with E-state index >= 15 is 0 Å². The molecule has 0 saturated carbocycles. The molecule has 6 N–H and O–H groups in total. The van der Waals surface area contributed by atoms with E-state index in [-0.39, 0.29) is 4.90 Å². The van der Waals surface area contributed by atoms with Crippen LogP contribution in [-0.4, -0.2) is 26.2 Å². The van der Waals surface area contributed by atoms with Crippen molar-refractivity contribution in [2.24, 2.45) is 5.14 Å². The molecule has 0 aromatic heterocycles. The van der Waals surface area contributed by atoms with Gasteiger partial charge in [-0.05, 0) is 31.5 Å². The third kappa shape index (κ3) is 3.58. The van der Waals surface area contributed by atoms with Gasteiger partial charge in [-0.3, -0.25) is 0 Å². The first kappa shape index (κ1) is 13.8. The average Bonchev–Trinajstić information content (AvgIpc) is 2.17. The third-order valence-corrected chi connectivity index (χ3v) is 3.31. The quantitative estimate of drug-likeness (QED) is 0.568. The lowest BCUT2D eigenvalue weighted by Crippen LogP contribution is -2.18. The number of hydrogen-bond donors (Lipinski definition) is 4. The molecule has 0 aliphatic rings. The van der Waals surface area contributed by atoms with Crippen LogP contribution in [0.25, 0.3) is 0 Å². The summed E-state index contributed by atoms with van der Waals surface area (Å²) in [6.45, 7) is 3.55. The molecule has 0 aliphatic heterocycles. The Hall–Kier alpha value is -1.31. The van der Waals surface area contributed by atoms with Crippen molar-refractivity contribution in [1.82, 2.24) is 0 Å². The van der Waals surface area contributed by atoms with Gasteiger partial charge in [0.25, 0.3) is 0 Å². The van der Waals surface area contributed by atoms with Crippen LogP contribution in [-0.2, 0) is 10.0 Å². The molecule has 1 unspecified atom stereocenters. The molecule has 96 valence electrons. The first-order chi connectivity index (χ1) is 7.71. The Morgan fingerprint density at radius 3 is 2.53 bits per heavy atom. The Kier molecular flexibility index (Phi) is 3.97. The maximum absolute atomic E-state index is 11.3. The number of primary sulfonamides is 1. The number of aliphatic hydroxyl groups is 1. The fourth-order valence-electron chi connectivity index (χ4n) is 1.45. The fraction of sp³-hybridized carbons (Fsp3) is 0.400. The maximum Gasteiger partial charge on any atom is 0.238 e. The zero-order chi connectivity index (χ0) is 13.2. The SMILES string of the molecule is Cc1c(NCC(C)O)cc(N)cc1S(N)(=O)=O. The average molecular weight is 259 g/mol. The van der Waals surface area contributed by atoms with Crippen LogP contribution >= 0.6 is 0 Å². The van der Waals surface area contributed by atoms with Crippen molar-refractivity contribution in [2.45, 2.75) is 24.8 Å². The summed E-state index contributed by atoms with van der Waals surface area (Å²) >= 11 is 0. The van der Waals surface area contributed by atoms with Crippen LogP contribution in [0, 0.1) is 6.92 Å². The Balaban J connectivity index is 3.20. The predicted octanol–water partition coefficient (Wildman–Crippen LogP) is 0.0173. The van der Waals surface area contributed by atoms with E-state index in [4.69, 9.17) is 16.0 Å². The van der Waals surface area contributed by atoms with Crippen LogP contribution in [0.3, 0.4) is 0 Å². The molecule has 0 fully saturated rings. The fourth-order valence-corrected chi connectivity index (χ4v) is 2.28. The molecular formula is C10H17N3O3S. The zero-order valence-electron chi connectivity index (χ0n) is 9.77. The van der Waals surface area contributed by atoms with Gasteiger partial charge in [0.05, 0.1) is 11.0 Å². The molecule has 1 aromatic rings. The van der Waals surface area contributed by atoms with Crippen LogP contribution < -0.4 is 16.2 Å². The van der Waals surface area contributed by atoms with Gasteiger partial charge in [-0.15, -0.1) is 0 Å². The van der Waals surface area contributed by atoms with E-state index < -0.39 is 16.1 Å². The van der Waals surface area contributed by atoms with Gasteiger partial charge in [0, 0.05) is 17.9 Å². The minimum atomic E-state index is -3.80. The van der Waals surface area contributed by atoms with Gasteiger partial charge < -0.3 is 16.2 Å².